The van der Waals surface area contributed by atoms with Gasteiger partial charge in [-0.05, 0) is 105 Å². The first-order valence-corrected chi connectivity index (χ1v) is 35.9. The van der Waals surface area contributed by atoms with E-state index in [2.05, 4.69) is 21.3 Å². The first-order chi connectivity index (χ1) is 46.3. The number of aryl methyl sites for hydroxylation is 1. The van der Waals surface area contributed by atoms with Crippen molar-refractivity contribution in [2.24, 2.45) is 29.1 Å². The van der Waals surface area contributed by atoms with E-state index in [1.54, 1.807) is 18.7 Å². The van der Waals surface area contributed by atoms with Gasteiger partial charge < -0.3 is 60.5 Å². The predicted octanol–water partition coefficient (Wildman–Crippen LogP) is 5.79. The lowest BCUT2D eigenvalue weighted by Crippen LogP contribution is -2.65. The number of fused-ring (bicyclic) bond motifs is 1. The number of benzene rings is 1. The highest BCUT2D eigenvalue weighted by atomic mass is 35.5. The van der Waals surface area contributed by atoms with Crippen LogP contribution in [0.5, 0.6) is 0 Å². The number of nitrogens with one attached hydrogen (secondary N) is 4. The van der Waals surface area contributed by atoms with Crippen LogP contribution in [0, 0.1) is 29.1 Å². The van der Waals surface area contributed by atoms with Gasteiger partial charge in [-0.15, -0.1) is 0 Å². The number of likely N-dealkylation sites (N-methyl/N-ethyl adjacent to an activating group) is 6. The number of alkyl halides is 3. The first kappa shape index (κ1) is 80.9. The van der Waals surface area contributed by atoms with Crippen LogP contribution in [0.25, 0.3) is 0 Å². The Morgan fingerprint density at radius 1 is 0.646 bits per heavy atom. The zero-order chi connectivity index (χ0) is 73.8. The van der Waals surface area contributed by atoms with E-state index < -0.39 is 173 Å². The van der Waals surface area contributed by atoms with Crippen LogP contribution >= 0.6 is 11.6 Å². The highest BCUT2D eigenvalue weighted by Crippen LogP contribution is 2.37. The molecule has 5 fully saturated rings. The van der Waals surface area contributed by atoms with Crippen molar-refractivity contribution in [3.05, 3.63) is 34.3 Å². The fourth-order valence-electron chi connectivity index (χ4n) is 14.7. The van der Waals surface area contributed by atoms with E-state index >= 15 is 19.2 Å². The Morgan fingerprint density at radius 2 is 1.26 bits per heavy atom. The molecule has 0 aromatic heterocycles. The highest BCUT2D eigenvalue weighted by Gasteiger charge is 2.50. The van der Waals surface area contributed by atoms with Gasteiger partial charge in [0.15, 0.2) is 0 Å². The zero-order valence-corrected chi connectivity index (χ0v) is 61.5. The number of hydrogen-bond donors (Lipinski definition) is 4. The second-order valence-corrected chi connectivity index (χ2v) is 30.5. The average Bonchev–Trinajstić information content (AvgIpc) is 1.71. The van der Waals surface area contributed by atoms with Gasteiger partial charge in [0.1, 0.15) is 47.8 Å². The molecular formula is C71H110ClF3N12O12. The van der Waals surface area contributed by atoms with Crippen LogP contribution < -0.4 is 21.3 Å². The Bertz CT molecular complexity index is 3100. The molecule has 99 heavy (non-hydrogen) atoms. The van der Waals surface area contributed by atoms with Gasteiger partial charge in [-0.1, -0.05) is 131 Å². The van der Waals surface area contributed by atoms with Crippen LogP contribution in [-0.4, -0.2) is 239 Å². The lowest BCUT2D eigenvalue weighted by molar-refractivity contribution is -0.150. The quantitative estimate of drug-likeness (QED) is 0.194. The molecule has 0 radical (unpaired) electrons. The molecule has 554 valence electrons. The summed E-state index contributed by atoms with van der Waals surface area (Å²) in [4.78, 5) is 188. The maximum absolute atomic E-state index is 15.4. The molecule has 28 heteroatoms. The predicted molar refractivity (Wildman–Crippen MR) is 366 cm³/mol. The molecule has 1 aromatic rings. The van der Waals surface area contributed by atoms with Gasteiger partial charge in [0.05, 0.1) is 36.6 Å². The molecule has 9 atom stereocenters. The van der Waals surface area contributed by atoms with Crippen LogP contribution in [0.15, 0.2) is 18.2 Å². The van der Waals surface area contributed by atoms with E-state index in [4.69, 9.17) is 11.6 Å². The summed E-state index contributed by atoms with van der Waals surface area (Å²) in [5, 5.41) is 11.0. The lowest BCUT2D eigenvalue weighted by atomic mass is 9.84. The molecule has 2 aliphatic carbocycles. The number of halogens is 4. The third-order valence-electron chi connectivity index (χ3n) is 21.3. The van der Waals surface area contributed by atoms with Gasteiger partial charge in [0.25, 0.3) is 0 Å². The van der Waals surface area contributed by atoms with Gasteiger partial charge in [-0.2, -0.15) is 13.2 Å². The molecule has 24 nitrogen and oxygen atoms in total. The molecule has 4 N–H and O–H groups in total. The smallest absolute Gasteiger partial charge is 0.343 e. The van der Waals surface area contributed by atoms with Crippen molar-refractivity contribution < 1.29 is 70.7 Å². The van der Waals surface area contributed by atoms with E-state index in [1.807, 2.05) is 41.5 Å². The number of amides is 12. The van der Waals surface area contributed by atoms with Crippen molar-refractivity contribution in [3.63, 3.8) is 0 Å². The van der Waals surface area contributed by atoms with E-state index in [-0.39, 0.29) is 68.7 Å². The topological polar surface area (TPSA) is 279 Å². The van der Waals surface area contributed by atoms with Crippen molar-refractivity contribution in [2.75, 3.05) is 81.6 Å². The molecule has 3 aliphatic heterocycles. The van der Waals surface area contributed by atoms with Crippen molar-refractivity contribution in [2.45, 2.75) is 231 Å². The molecule has 2 saturated carbocycles. The second-order valence-electron chi connectivity index (χ2n) is 30.0. The minimum Gasteiger partial charge on any atom is -0.343 e. The van der Waals surface area contributed by atoms with Gasteiger partial charge in [0.2, 0.25) is 70.9 Å². The summed E-state index contributed by atoms with van der Waals surface area (Å²) < 4.78 is 41.5. The monoisotopic (exact) mass is 1410 g/mol. The minimum atomic E-state index is -4.76. The SMILES string of the molecule is CC[C@H](C)[C@@H]1NC(=O)[C@H](CC(C)C)N(C)C(=O)C[C@@H](C(=O)N2CCC(C)(C)C2)NC(=O)[C@H]([C@@H](C)CC)N(C)C(=O)C2(CCCC2)NC(=O)[C@@H]2CCCN2C(=O)[C@H](CCc2ccc(C(F)(F)F)c(Cl)c2)NC(=O)CN(C)C(=O)[C@H](CC2CCCCC2)N(C)C(=O)CN(C)C(=O)CN(C)C1=O. The molecule has 5 aliphatic rings. The van der Waals surface area contributed by atoms with E-state index in [0.29, 0.717) is 57.2 Å². The fourth-order valence-corrected chi connectivity index (χ4v) is 15.0. The summed E-state index contributed by atoms with van der Waals surface area (Å²) in [6.45, 7) is 13.9. The summed E-state index contributed by atoms with van der Waals surface area (Å²) in [7, 11) is 8.43. The van der Waals surface area contributed by atoms with Crippen LogP contribution in [0.1, 0.15) is 182 Å². The van der Waals surface area contributed by atoms with Crippen LogP contribution in [-0.2, 0) is 70.1 Å². The Hall–Kier alpha value is -7.06. The molecule has 0 unspecified atom stereocenters. The third-order valence-corrected chi connectivity index (χ3v) is 21.6. The Labute approximate surface area is 587 Å². The molecule has 3 heterocycles. The highest BCUT2D eigenvalue weighted by molar-refractivity contribution is 6.31. The fraction of sp³-hybridized carbons (Fsp3) is 0.746. The van der Waals surface area contributed by atoms with Gasteiger partial charge in [-0.25, -0.2) is 0 Å². The summed E-state index contributed by atoms with van der Waals surface area (Å²) in [6, 6.07) is -5.77. The average molecular weight is 1420 g/mol. The molecule has 1 spiro atoms. The van der Waals surface area contributed by atoms with Crippen molar-refractivity contribution in [1.82, 2.24) is 60.5 Å². The summed E-state index contributed by atoms with van der Waals surface area (Å²) in [6.07, 6.45) is 2.15. The molecular weight excluding hydrogens is 1310 g/mol. The van der Waals surface area contributed by atoms with Crippen molar-refractivity contribution in [3.8, 4) is 0 Å². The maximum Gasteiger partial charge on any atom is 0.417 e. The van der Waals surface area contributed by atoms with Crippen LogP contribution in [0.2, 0.25) is 5.02 Å². The Morgan fingerprint density at radius 3 is 1.85 bits per heavy atom. The van der Waals surface area contributed by atoms with Crippen LogP contribution in [0.3, 0.4) is 0 Å². The molecule has 1 aromatic carbocycles. The number of nitrogens with zero attached hydrogens (tertiary/aromatic N) is 8. The minimum absolute atomic E-state index is 0.0169. The normalized spacial score (nSPS) is 26.6. The number of hydrogen-bond acceptors (Lipinski definition) is 12. The Balaban J connectivity index is 1.42. The maximum atomic E-state index is 15.4. The van der Waals surface area contributed by atoms with E-state index in [1.165, 1.54) is 68.0 Å². The summed E-state index contributed by atoms with van der Waals surface area (Å²) in [5.41, 5.74) is -2.67. The van der Waals surface area contributed by atoms with Crippen molar-refractivity contribution >= 4 is 82.5 Å². The van der Waals surface area contributed by atoms with Crippen molar-refractivity contribution in [1.29, 1.82) is 0 Å². The number of carbonyl (C=O) groups is 12. The standard InChI is InChI=1S/C71H110ClF3N12O12/c1-15-44(5)59-67(98)82(11)40-57(90)80(9)41-58(91)84(13)54(37-46-23-18-17-19-24-46)66(97)81(10)39-55(88)76-50(29-27-47-26-28-48(49(72)36-47)71(73,74)75)65(96)87-33-22-25-52(87)62(93)79-70(30-20-21-31-70)68(99)85(14)60(45(6)16-2)63(94)77-51(64(95)86-34-32-69(7,8)42-86)38-56(89)83(12)53(35-43(3)4)61(92)78-59/h26,28,36,43-46,50-54,59-60H,15-25,27,29-35,37-42H2,1-14H3,(H,76,88)(H,77,94)(H,78,92)(H,79,93)/t44-,45-,50-,51-,52-,53-,54-,59-,60-/m0/s1. The Kier molecular flexibility index (Phi) is 28.6. The van der Waals surface area contributed by atoms with E-state index in [9.17, 15) is 51.5 Å². The number of rotatable bonds is 12. The lowest BCUT2D eigenvalue weighted by Gasteiger charge is -2.40. The molecule has 0 bridgehead atoms. The van der Waals surface area contributed by atoms with E-state index in [0.717, 1.165) is 58.9 Å². The van der Waals surface area contributed by atoms with Crippen LogP contribution in [0.4, 0.5) is 13.2 Å². The summed E-state index contributed by atoms with van der Waals surface area (Å²) in [5.74, 6) is -9.29. The van der Waals surface area contributed by atoms with Gasteiger partial charge in [-0.3, -0.25) is 57.5 Å². The summed E-state index contributed by atoms with van der Waals surface area (Å²) >= 11 is 6.14. The largest absolute Gasteiger partial charge is 0.417 e. The second kappa shape index (κ2) is 35.0. The number of likely N-dealkylation sites (tertiary alicyclic amines) is 1. The van der Waals surface area contributed by atoms with Gasteiger partial charge in [0, 0.05) is 61.9 Å². The molecule has 3 saturated heterocycles. The zero-order valence-electron chi connectivity index (χ0n) is 60.7. The third kappa shape index (κ3) is 20.8. The number of carbonyl (C=O) groups excluding carboxylic acids is 12. The molecule has 12 amide bonds. The molecule has 6 rings (SSSR count). The van der Waals surface area contributed by atoms with Gasteiger partial charge >= 0.3 is 6.18 Å². The first-order valence-electron chi connectivity index (χ1n) is 35.5.